The fourth-order valence-electron chi connectivity index (χ4n) is 5.14. The summed E-state index contributed by atoms with van der Waals surface area (Å²) in [4.78, 5) is 35.8. The molecule has 1 N–H and O–H groups in total. The van der Waals surface area contributed by atoms with Crippen molar-refractivity contribution in [1.82, 2.24) is 9.80 Å². The van der Waals surface area contributed by atoms with E-state index in [4.69, 9.17) is 9.73 Å². The van der Waals surface area contributed by atoms with Crippen molar-refractivity contribution in [3.63, 3.8) is 0 Å². The van der Waals surface area contributed by atoms with Gasteiger partial charge in [-0.2, -0.15) is 0 Å². The van der Waals surface area contributed by atoms with Gasteiger partial charge in [-0.15, -0.1) is 0 Å². The summed E-state index contributed by atoms with van der Waals surface area (Å²) in [6, 6.07) is 15.3. The number of allylic oxidation sites excluding steroid dienone is 1. The largest absolute Gasteiger partial charge is 0.497 e. The average Bonchev–Trinajstić information content (AvgIpc) is 3.59. The number of nitrogens with zero attached hydrogens (tertiary/aromatic N) is 3. The fraction of sp³-hybridized carbons (Fsp3) is 0.367. The minimum Gasteiger partial charge on any atom is -0.497 e. The first-order valence-electron chi connectivity index (χ1n) is 13.1. The number of amides is 2. The molecule has 1 fully saturated rings. The number of anilines is 1. The molecule has 0 aliphatic carbocycles. The number of ether oxygens (including phenoxy) is 1. The third-order valence-corrected chi connectivity index (χ3v) is 8.19. The molecular weight excluding hydrogens is 496 g/mol. The number of hydrogen-bond acceptors (Lipinski definition) is 6. The van der Waals surface area contributed by atoms with Crippen molar-refractivity contribution in [2.75, 3.05) is 25.5 Å². The maximum Gasteiger partial charge on any atom is 0.255 e. The molecule has 0 unspecified atom stereocenters. The van der Waals surface area contributed by atoms with Gasteiger partial charge < -0.3 is 19.9 Å². The highest BCUT2D eigenvalue weighted by Gasteiger charge is 2.41. The lowest BCUT2D eigenvalue weighted by Crippen LogP contribution is -2.39. The molecule has 1 saturated heterocycles. The molecule has 198 valence electrons. The number of likely N-dealkylation sites (tertiary alicyclic amines) is 1. The first-order chi connectivity index (χ1) is 18.4. The number of hydrogen-bond donors (Lipinski definition) is 1. The van der Waals surface area contributed by atoms with Crippen LogP contribution in [0.15, 0.2) is 75.9 Å². The van der Waals surface area contributed by atoms with E-state index in [-0.39, 0.29) is 11.8 Å². The van der Waals surface area contributed by atoms with Crippen LogP contribution < -0.4 is 10.1 Å². The Bertz CT molecular complexity index is 1310. The van der Waals surface area contributed by atoms with Gasteiger partial charge in [-0.25, -0.2) is 4.99 Å². The first-order valence-corrected chi connectivity index (χ1v) is 14.0. The number of nitrogens with one attached hydrogen (secondary N) is 1. The molecule has 2 aromatic rings. The zero-order valence-electron chi connectivity index (χ0n) is 22.4. The minimum absolute atomic E-state index is 0.125. The van der Waals surface area contributed by atoms with E-state index in [0.29, 0.717) is 29.3 Å². The topological polar surface area (TPSA) is 74.2 Å². The van der Waals surface area contributed by atoms with Gasteiger partial charge in [0.25, 0.3) is 5.91 Å². The molecule has 5 rings (SSSR count). The highest BCUT2D eigenvalue weighted by molar-refractivity contribution is 8.16. The van der Waals surface area contributed by atoms with E-state index < -0.39 is 6.04 Å². The molecule has 2 aromatic carbocycles. The third kappa shape index (κ3) is 5.23. The quantitative estimate of drug-likeness (QED) is 0.472. The molecule has 2 amide bonds. The van der Waals surface area contributed by atoms with E-state index >= 15 is 0 Å². The molecule has 0 bridgehead atoms. The Balaban J connectivity index is 1.50. The Labute approximate surface area is 228 Å². The molecule has 0 aromatic heterocycles. The summed E-state index contributed by atoms with van der Waals surface area (Å²) in [6.45, 7) is 7.85. The molecule has 1 atom stereocenters. The van der Waals surface area contributed by atoms with Crippen LogP contribution in [0.25, 0.3) is 0 Å². The fourth-order valence-corrected chi connectivity index (χ4v) is 6.11. The van der Waals surface area contributed by atoms with Gasteiger partial charge in [-0.3, -0.25) is 9.59 Å². The number of thioether (sulfide) groups is 1. The van der Waals surface area contributed by atoms with Crippen LogP contribution in [0, 0.1) is 0 Å². The molecule has 0 radical (unpaired) electrons. The van der Waals surface area contributed by atoms with E-state index in [1.54, 1.807) is 7.11 Å². The van der Waals surface area contributed by atoms with E-state index in [1.165, 1.54) is 17.3 Å². The van der Waals surface area contributed by atoms with Crippen molar-refractivity contribution in [1.29, 1.82) is 0 Å². The number of aliphatic imine (C=N–C) groups is 1. The van der Waals surface area contributed by atoms with E-state index in [9.17, 15) is 9.59 Å². The van der Waals surface area contributed by atoms with Gasteiger partial charge in [0.2, 0.25) is 5.91 Å². The zero-order valence-corrected chi connectivity index (χ0v) is 23.2. The Morgan fingerprint density at radius 3 is 2.39 bits per heavy atom. The predicted molar refractivity (Wildman–Crippen MR) is 153 cm³/mol. The molecule has 3 heterocycles. The van der Waals surface area contributed by atoms with Gasteiger partial charge in [-0.05, 0) is 66.5 Å². The highest BCUT2D eigenvalue weighted by atomic mass is 32.2. The van der Waals surface area contributed by atoms with Gasteiger partial charge in [0.1, 0.15) is 5.75 Å². The van der Waals surface area contributed by atoms with Gasteiger partial charge >= 0.3 is 0 Å². The smallest absolute Gasteiger partial charge is 0.255 e. The number of amidine groups is 1. The van der Waals surface area contributed by atoms with Crippen molar-refractivity contribution in [2.24, 2.45) is 4.99 Å². The number of methoxy groups -OCH3 is 1. The summed E-state index contributed by atoms with van der Waals surface area (Å²) in [7, 11) is 1.61. The van der Waals surface area contributed by atoms with Crippen molar-refractivity contribution in [2.45, 2.75) is 52.0 Å². The second-order valence-electron chi connectivity index (χ2n) is 10.2. The van der Waals surface area contributed by atoms with E-state index in [2.05, 4.69) is 48.3 Å². The Morgan fingerprint density at radius 1 is 1.08 bits per heavy atom. The first kappa shape index (κ1) is 26.1. The Hall–Kier alpha value is -3.52. The van der Waals surface area contributed by atoms with Gasteiger partial charge in [-0.1, -0.05) is 49.9 Å². The number of fused-ring (bicyclic) bond motifs is 1. The number of carbonyl (C=O) groups excluding carboxylic acids is 2. The molecule has 7 nitrogen and oxygen atoms in total. The molecular formula is C30H34N4O3S. The van der Waals surface area contributed by atoms with Crippen LogP contribution in [0.3, 0.4) is 0 Å². The van der Waals surface area contributed by atoms with Crippen LogP contribution in [0.5, 0.6) is 5.75 Å². The van der Waals surface area contributed by atoms with Crippen molar-refractivity contribution in [3.8, 4) is 5.75 Å². The van der Waals surface area contributed by atoms with Crippen LogP contribution >= 0.6 is 11.8 Å². The van der Waals surface area contributed by atoms with Gasteiger partial charge in [0, 0.05) is 24.5 Å². The average molecular weight is 531 g/mol. The molecule has 3 aliphatic rings. The lowest BCUT2D eigenvalue weighted by molar-refractivity contribution is -0.129. The molecule has 0 saturated carbocycles. The predicted octanol–water partition coefficient (Wildman–Crippen LogP) is 6.04. The molecule has 3 aliphatic heterocycles. The SMILES string of the molecule is COc1ccc(NC(=O)C2=C(C)N=C3SC=C(CC(=O)N4CCCC4)N3[C@H]2c2ccc(C(C)C)cc2)cc1. The van der Waals surface area contributed by atoms with Crippen molar-refractivity contribution >= 4 is 34.4 Å². The maximum absolute atomic E-state index is 13.8. The molecule has 0 spiro atoms. The van der Waals surface area contributed by atoms with Crippen LogP contribution in [0.2, 0.25) is 0 Å². The van der Waals surface area contributed by atoms with Crippen molar-refractivity contribution < 1.29 is 14.3 Å². The van der Waals surface area contributed by atoms with E-state index in [0.717, 1.165) is 48.1 Å². The second-order valence-corrected chi connectivity index (χ2v) is 11.0. The van der Waals surface area contributed by atoms with Crippen LogP contribution in [-0.2, 0) is 9.59 Å². The number of rotatable bonds is 7. The van der Waals surface area contributed by atoms with Crippen LogP contribution in [0.4, 0.5) is 5.69 Å². The molecule has 8 heteroatoms. The second kappa shape index (κ2) is 11.1. The summed E-state index contributed by atoms with van der Waals surface area (Å²) in [5.41, 5.74) is 5.03. The summed E-state index contributed by atoms with van der Waals surface area (Å²) in [6.07, 6.45) is 2.40. The van der Waals surface area contributed by atoms with Crippen LogP contribution in [-0.4, -0.2) is 47.0 Å². The summed E-state index contributed by atoms with van der Waals surface area (Å²) in [5.74, 6) is 1.04. The van der Waals surface area contributed by atoms with Crippen LogP contribution in [0.1, 0.15) is 63.1 Å². The standard InChI is InChI=1S/C30H34N4O3S/c1-19(2)21-7-9-22(10-8-21)28-27(29(36)32-23-11-13-25(37-4)14-12-23)20(3)31-30-34(28)24(18-38-30)17-26(35)33-15-5-6-16-33/h7-14,18-19,28H,5-6,15-17H2,1-4H3,(H,32,36)/t28-/m0/s1. The Morgan fingerprint density at radius 2 is 1.76 bits per heavy atom. The summed E-state index contributed by atoms with van der Waals surface area (Å²) in [5, 5.41) is 5.86. The minimum atomic E-state index is -0.394. The monoisotopic (exact) mass is 530 g/mol. The lowest BCUT2D eigenvalue weighted by atomic mass is 9.91. The van der Waals surface area contributed by atoms with Gasteiger partial charge in [0.05, 0.1) is 30.8 Å². The van der Waals surface area contributed by atoms with Gasteiger partial charge in [0.15, 0.2) is 5.17 Å². The van der Waals surface area contributed by atoms with Crippen molar-refractivity contribution in [3.05, 3.63) is 82.0 Å². The number of carbonyl (C=O) groups is 2. The summed E-state index contributed by atoms with van der Waals surface area (Å²) >= 11 is 1.51. The third-order valence-electron chi connectivity index (χ3n) is 7.30. The number of benzene rings is 2. The van der Waals surface area contributed by atoms with E-state index in [1.807, 2.05) is 41.5 Å². The molecule has 38 heavy (non-hydrogen) atoms. The maximum atomic E-state index is 13.8. The summed E-state index contributed by atoms with van der Waals surface area (Å²) < 4.78 is 5.25. The zero-order chi connectivity index (χ0) is 26.8. The lowest BCUT2D eigenvalue weighted by Gasteiger charge is -2.37. The Kier molecular flexibility index (Phi) is 7.61. The highest BCUT2D eigenvalue weighted by Crippen LogP contribution is 2.45. The normalized spacial score (nSPS) is 18.9.